The van der Waals surface area contributed by atoms with Gasteiger partial charge in [-0.1, -0.05) is 6.07 Å². The molecule has 0 saturated heterocycles. The van der Waals surface area contributed by atoms with Crippen LogP contribution in [0, 0.1) is 0 Å². The summed E-state index contributed by atoms with van der Waals surface area (Å²) >= 11 is 1.91. The van der Waals surface area contributed by atoms with E-state index in [2.05, 4.69) is 24.6 Å². The van der Waals surface area contributed by atoms with Crippen LogP contribution in [0.2, 0.25) is 0 Å². The Morgan fingerprint density at radius 2 is 2.33 bits per heavy atom. The van der Waals surface area contributed by atoms with E-state index in [0.29, 0.717) is 17.8 Å². The van der Waals surface area contributed by atoms with Gasteiger partial charge in [0.15, 0.2) is 0 Å². The van der Waals surface area contributed by atoms with Gasteiger partial charge in [0.1, 0.15) is 5.75 Å². The Morgan fingerprint density at radius 1 is 1.50 bits per heavy atom. The van der Waals surface area contributed by atoms with Crippen LogP contribution in [0.1, 0.15) is 43.4 Å². The molecular formula is C15H23NOS. The van der Waals surface area contributed by atoms with Gasteiger partial charge < -0.3 is 10.4 Å². The van der Waals surface area contributed by atoms with Crippen LogP contribution in [0.25, 0.3) is 0 Å². The van der Waals surface area contributed by atoms with Gasteiger partial charge in [0.05, 0.1) is 0 Å². The molecule has 18 heavy (non-hydrogen) atoms. The third-order valence-electron chi connectivity index (χ3n) is 3.68. The zero-order chi connectivity index (χ0) is 13.0. The van der Waals surface area contributed by atoms with Gasteiger partial charge in [0.2, 0.25) is 0 Å². The summed E-state index contributed by atoms with van der Waals surface area (Å²) < 4.78 is 0. The normalized spacial score (nSPS) is 20.4. The average Bonchev–Trinajstić information content (AvgIpc) is 2.36. The largest absolute Gasteiger partial charge is 0.508 e. The van der Waals surface area contributed by atoms with Crippen LogP contribution in [0.5, 0.6) is 5.75 Å². The lowest BCUT2D eigenvalue weighted by atomic mass is 9.87. The standard InChI is InChI=1S/C15H23NOS/c1-11(8-9-18-2)16-15-5-3-4-12-10-13(17)6-7-14(12)15/h6-7,10-11,15-17H,3-5,8-9H2,1-2H3. The number of hydrogen-bond acceptors (Lipinski definition) is 3. The van der Waals surface area contributed by atoms with Crippen molar-refractivity contribution in [1.82, 2.24) is 5.32 Å². The van der Waals surface area contributed by atoms with Gasteiger partial charge in [0.25, 0.3) is 0 Å². The third kappa shape index (κ3) is 3.42. The Kier molecular flexibility index (Phi) is 4.95. The maximum Gasteiger partial charge on any atom is 0.115 e. The molecule has 0 fully saturated rings. The Bertz CT molecular complexity index is 394. The molecule has 0 spiro atoms. The van der Waals surface area contributed by atoms with Crippen molar-refractivity contribution in [3.8, 4) is 5.75 Å². The second kappa shape index (κ2) is 6.48. The van der Waals surface area contributed by atoms with Gasteiger partial charge in [-0.3, -0.25) is 0 Å². The second-order valence-corrected chi connectivity index (χ2v) is 6.16. The van der Waals surface area contributed by atoms with Crippen LogP contribution in [-0.2, 0) is 6.42 Å². The Hall–Kier alpha value is -0.670. The van der Waals surface area contributed by atoms with E-state index in [-0.39, 0.29) is 0 Å². The highest BCUT2D eigenvalue weighted by atomic mass is 32.2. The van der Waals surface area contributed by atoms with Gasteiger partial charge in [-0.05, 0) is 67.9 Å². The number of rotatable bonds is 5. The first-order valence-electron chi connectivity index (χ1n) is 6.77. The monoisotopic (exact) mass is 265 g/mol. The van der Waals surface area contributed by atoms with E-state index in [1.54, 1.807) is 0 Å². The lowest BCUT2D eigenvalue weighted by Crippen LogP contribution is -2.33. The molecule has 0 heterocycles. The first-order valence-corrected chi connectivity index (χ1v) is 8.17. The number of phenols is 1. The molecule has 2 atom stereocenters. The summed E-state index contributed by atoms with van der Waals surface area (Å²) in [5.74, 6) is 1.60. The molecule has 2 nitrogen and oxygen atoms in total. The Morgan fingerprint density at radius 3 is 3.11 bits per heavy atom. The molecule has 3 heteroatoms. The van der Waals surface area contributed by atoms with Crippen molar-refractivity contribution in [1.29, 1.82) is 0 Å². The lowest BCUT2D eigenvalue weighted by molar-refractivity contribution is 0.402. The molecule has 0 radical (unpaired) electrons. The predicted molar refractivity (Wildman–Crippen MR) is 79.4 cm³/mol. The first kappa shape index (κ1) is 13.8. The van der Waals surface area contributed by atoms with Crippen molar-refractivity contribution in [3.63, 3.8) is 0 Å². The molecule has 0 aliphatic heterocycles. The molecule has 0 aromatic heterocycles. The number of hydrogen-bond donors (Lipinski definition) is 2. The van der Waals surface area contributed by atoms with Crippen LogP contribution < -0.4 is 5.32 Å². The highest BCUT2D eigenvalue weighted by Gasteiger charge is 2.21. The maximum absolute atomic E-state index is 9.55. The van der Waals surface area contributed by atoms with E-state index in [0.717, 1.165) is 6.42 Å². The second-order valence-electron chi connectivity index (χ2n) is 5.18. The minimum atomic E-state index is 0.393. The summed E-state index contributed by atoms with van der Waals surface area (Å²) in [5.41, 5.74) is 2.70. The summed E-state index contributed by atoms with van der Waals surface area (Å²) in [6.07, 6.45) is 6.89. The number of benzene rings is 1. The van der Waals surface area contributed by atoms with E-state index >= 15 is 0 Å². The summed E-state index contributed by atoms with van der Waals surface area (Å²) in [4.78, 5) is 0. The fourth-order valence-corrected chi connectivity index (χ4v) is 3.28. The molecule has 0 bridgehead atoms. The molecule has 0 saturated carbocycles. The summed E-state index contributed by atoms with van der Waals surface area (Å²) in [7, 11) is 0. The maximum atomic E-state index is 9.55. The molecule has 2 rings (SSSR count). The topological polar surface area (TPSA) is 32.3 Å². The van der Waals surface area contributed by atoms with Gasteiger partial charge in [0, 0.05) is 12.1 Å². The van der Waals surface area contributed by atoms with Crippen molar-refractivity contribution in [2.45, 2.75) is 44.7 Å². The number of fused-ring (bicyclic) bond motifs is 1. The molecule has 2 N–H and O–H groups in total. The van der Waals surface area contributed by atoms with Crippen molar-refractivity contribution in [3.05, 3.63) is 29.3 Å². The van der Waals surface area contributed by atoms with E-state index < -0.39 is 0 Å². The fraction of sp³-hybridized carbons (Fsp3) is 0.600. The summed E-state index contributed by atoms with van der Waals surface area (Å²) in [6, 6.07) is 6.85. The number of aryl methyl sites for hydroxylation is 1. The highest BCUT2D eigenvalue weighted by Crippen LogP contribution is 2.32. The molecule has 1 aromatic rings. The SMILES string of the molecule is CSCCC(C)NC1CCCc2cc(O)ccc21. The van der Waals surface area contributed by atoms with E-state index in [1.807, 2.05) is 23.9 Å². The van der Waals surface area contributed by atoms with Crippen molar-refractivity contribution < 1.29 is 5.11 Å². The third-order valence-corrected chi connectivity index (χ3v) is 4.33. The van der Waals surface area contributed by atoms with E-state index in [4.69, 9.17) is 0 Å². The zero-order valence-electron chi connectivity index (χ0n) is 11.3. The van der Waals surface area contributed by atoms with Crippen LogP contribution in [0.15, 0.2) is 18.2 Å². The predicted octanol–water partition coefficient (Wildman–Crippen LogP) is 3.50. The van der Waals surface area contributed by atoms with Crippen LogP contribution in [-0.4, -0.2) is 23.2 Å². The van der Waals surface area contributed by atoms with Crippen molar-refractivity contribution >= 4 is 11.8 Å². The molecule has 1 aromatic carbocycles. The summed E-state index contributed by atoms with van der Waals surface area (Å²) in [5, 5.41) is 13.3. The van der Waals surface area contributed by atoms with Gasteiger partial charge in [-0.2, -0.15) is 11.8 Å². The fourth-order valence-electron chi connectivity index (χ4n) is 2.70. The first-order chi connectivity index (χ1) is 8.70. The van der Waals surface area contributed by atoms with Crippen molar-refractivity contribution in [2.75, 3.05) is 12.0 Å². The van der Waals surface area contributed by atoms with Gasteiger partial charge in [-0.15, -0.1) is 0 Å². The average molecular weight is 265 g/mol. The van der Waals surface area contributed by atoms with Gasteiger partial charge >= 0.3 is 0 Å². The van der Waals surface area contributed by atoms with Crippen LogP contribution in [0.4, 0.5) is 0 Å². The molecule has 2 unspecified atom stereocenters. The molecule has 0 amide bonds. The zero-order valence-corrected chi connectivity index (χ0v) is 12.1. The minimum Gasteiger partial charge on any atom is -0.508 e. The molecule has 100 valence electrons. The highest BCUT2D eigenvalue weighted by molar-refractivity contribution is 7.98. The molecule has 1 aliphatic carbocycles. The number of thioether (sulfide) groups is 1. The molecule has 1 aliphatic rings. The Labute approximate surface area is 114 Å². The van der Waals surface area contributed by atoms with E-state index in [9.17, 15) is 5.11 Å². The number of aromatic hydroxyl groups is 1. The smallest absolute Gasteiger partial charge is 0.115 e. The Balaban J connectivity index is 2.03. The van der Waals surface area contributed by atoms with Crippen LogP contribution in [0.3, 0.4) is 0 Å². The molecular weight excluding hydrogens is 242 g/mol. The van der Waals surface area contributed by atoms with Gasteiger partial charge in [-0.25, -0.2) is 0 Å². The minimum absolute atomic E-state index is 0.393. The lowest BCUT2D eigenvalue weighted by Gasteiger charge is -2.29. The van der Waals surface area contributed by atoms with E-state index in [1.165, 1.54) is 36.1 Å². The number of nitrogens with one attached hydrogen (secondary N) is 1. The van der Waals surface area contributed by atoms with Crippen molar-refractivity contribution in [2.24, 2.45) is 0 Å². The summed E-state index contributed by atoms with van der Waals surface area (Å²) in [6.45, 7) is 2.27. The van der Waals surface area contributed by atoms with Crippen LogP contribution >= 0.6 is 11.8 Å². The number of phenolic OH excluding ortho intramolecular Hbond substituents is 1. The quantitative estimate of drug-likeness (QED) is 0.854.